The topological polar surface area (TPSA) is 106 Å². The van der Waals surface area contributed by atoms with Crippen LogP contribution in [0.4, 0.5) is 0 Å². The molecule has 25 heavy (non-hydrogen) atoms. The highest BCUT2D eigenvalue weighted by atomic mass is 16.5. The molecule has 9 nitrogen and oxygen atoms in total. The van der Waals surface area contributed by atoms with Crippen molar-refractivity contribution < 1.29 is 13.5 Å². The first-order chi connectivity index (χ1) is 12.3. The zero-order valence-corrected chi connectivity index (χ0v) is 14.0. The summed E-state index contributed by atoms with van der Waals surface area (Å²) in [7, 11) is 0. The average molecular weight is 344 g/mol. The number of aromatic nitrogens is 4. The predicted molar refractivity (Wildman–Crippen MR) is 86.2 cm³/mol. The Balaban J connectivity index is 1.29. The summed E-state index contributed by atoms with van der Waals surface area (Å²) in [6.07, 6.45) is 3.82. The number of nitrogens with one attached hydrogen (secondary N) is 1. The van der Waals surface area contributed by atoms with Crippen LogP contribution in [0, 0.1) is 6.92 Å². The predicted octanol–water partition coefficient (Wildman–Crippen LogP) is 1.78. The molecule has 3 aromatic rings. The van der Waals surface area contributed by atoms with E-state index in [0.717, 1.165) is 31.8 Å². The second kappa shape index (κ2) is 7.16. The maximum absolute atomic E-state index is 5.28. The zero-order chi connectivity index (χ0) is 17.1. The van der Waals surface area contributed by atoms with Gasteiger partial charge in [0.25, 0.3) is 0 Å². The summed E-state index contributed by atoms with van der Waals surface area (Å²) in [5.41, 5.74) is 0. The minimum Gasteiger partial charge on any atom is -0.461 e. The number of hydrogen-bond donors (Lipinski definition) is 1. The van der Waals surface area contributed by atoms with Gasteiger partial charge < -0.3 is 18.8 Å². The Hall–Kier alpha value is -2.52. The van der Waals surface area contributed by atoms with Crippen molar-refractivity contribution in [2.24, 2.45) is 0 Å². The van der Waals surface area contributed by atoms with Crippen molar-refractivity contribution in [3.05, 3.63) is 36.0 Å². The molecular formula is C16H20N6O3. The quantitative estimate of drug-likeness (QED) is 0.716. The van der Waals surface area contributed by atoms with Gasteiger partial charge in [-0.05, 0) is 31.5 Å². The Morgan fingerprint density at radius 2 is 2.24 bits per heavy atom. The Bertz CT molecular complexity index is 797. The van der Waals surface area contributed by atoms with Gasteiger partial charge in [0.1, 0.15) is 0 Å². The van der Waals surface area contributed by atoms with Gasteiger partial charge in [0.2, 0.25) is 17.6 Å². The first-order valence-electron chi connectivity index (χ1n) is 8.37. The number of nitrogens with zero attached hydrogens (tertiary/aromatic N) is 5. The summed E-state index contributed by atoms with van der Waals surface area (Å²) in [6.45, 7) is 5.01. The Labute approximate surface area is 144 Å². The van der Waals surface area contributed by atoms with Crippen molar-refractivity contribution in [2.45, 2.75) is 38.9 Å². The van der Waals surface area contributed by atoms with E-state index >= 15 is 0 Å². The normalized spacial score (nSPS) is 18.7. The summed E-state index contributed by atoms with van der Waals surface area (Å²) >= 11 is 0. The van der Waals surface area contributed by atoms with Crippen LogP contribution in [0.1, 0.15) is 30.4 Å². The molecule has 1 atom stereocenters. The van der Waals surface area contributed by atoms with E-state index in [2.05, 4.69) is 30.5 Å². The van der Waals surface area contributed by atoms with Gasteiger partial charge in [-0.3, -0.25) is 4.90 Å². The zero-order valence-electron chi connectivity index (χ0n) is 14.0. The summed E-state index contributed by atoms with van der Waals surface area (Å²) in [4.78, 5) is 10.9. The van der Waals surface area contributed by atoms with Crippen LogP contribution in [0.15, 0.2) is 31.9 Å². The highest BCUT2D eigenvalue weighted by Crippen LogP contribution is 2.16. The van der Waals surface area contributed by atoms with Crippen LogP contribution in [0.25, 0.3) is 11.6 Å². The Morgan fingerprint density at radius 1 is 1.28 bits per heavy atom. The highest BCUT2D eigenvalue weighted by molar-refractivity contribution is 5.44. The first-order valence-corrected chi connectivity index (χ1v) is 8.37. The molecule has 0 radical (unpaired) electrons. The largest absolute Gasteiger partial charge is 0.461 e. The first kappa shape index (κ1) is 16.0. The smallest absolute Gasteiger partial charge is 0.241 e. The second-order valence-corrected chi connectivity index (χ2v) is 6.17. The summed E-state index contributed by atoms with van der Waals surface area (Å²) in [5, 5.41) is 11.4. The van der Waals surface area contributed by atoms with Crippen LogP contribution in [-0.2, 0) is 13.1 Å². The van der Waals surface area contributed by atoms with Gasteiger partial charge in [-0.2, -0.15) is 9.97 Å². The van der Waals surface area contributed by atoms with E-state index in [0.29, 0.717) is 42.5 Å². The third kappa shape index (κ3) is 3.94. The van der Waals surface area contributed by atoms with E-state index in [9.17, 15) is 0 Å². The number of aryl methyl sites for hydroxylation is 1. The fraction of sp³-hybridized carbons (Fsp3) is 0.500. The number of hydrogen-bond acceptors (Lipinski definition) is 9. The fourth-order valence-corrected chi connectivity index (χ4v) is 3.04. The van der Waals surface area contributed by atoms with Crippen LogP contribution in [0.5, 0.6) is 0 Å². The van der Waals surface area contributed by atoms with Gasteiger partial charge in [-0.1, -0.05) is 10.3 Å². The minimum atomic E-state index is 0.362. The van der Waals surface area contributed by atoms with Crippen LogP contribution < -0.4 is 5.32 Å². The monoisotopic (exact) mass is 344 g/mol. The Kier molecular flexibility index (Phi) is 4.57. The van der Waals surface area contributed by atoms with E-state index in [1.807, 2.05) is 0 Å². The van der Waals surface area contributed by atoms with Crippen LogP contribution in [-0.4, -0.2) is 44.3 Å². The molecule has 1 aliphatic rings. The van der Waals surface area contributed by atoms with Gasteiger partial charge in [-0.15, -0.1) is 0 Å². The molecule has 0 aliphatic carbocycles. The SMILES string of the molecule is Cc1nc(CN2CCC[C@H](NCc3nc(-c4ccco4)no3)C2)no1. The van der Waals surface area contributed by atoms with Gasteiger partial charge in [0.05, 0.1) is 19.4 Å². The van der Waals surface area contributed by atoms with Crippen LogP contribution in [0.2, 0.25) is 0 Å². The van der Waals surface area contributed by atoms with Crippen LogP contribution >= 0.6 is 0 Å². The maximum Gasteiger partial charge on any atom is 0.241 e. The molecule has 132 valence electrons. The molecule has 1 saturated heterocycles. The molecule has 0 bridgehead atoms. The molecule has 0 unspecified atom stereocenters. The molecule has 4 heterocycles. The summed E-state index contributed by atoms with van der Waals surface area (Å²) in [5.74, 6) is 2.97. The second-order valence-electron chi connectivity index (χ2n) is 6.17. The lowest BCUT2D eigenvalue weighted by Gasteiger charge is -2.32. The fourth-order valence-electron chi connectivity index (χ4n) is 3.04. The minimum absolute atomic E-state index is 0.362. The number of rotatable bonds is 6. The Morgan fingerprint density at radius 3 is 3.04 bits per heavy atom. The van der Waals surface area contributed by atoms with Crippen molar-refractivity contribution in [1.82, 2.24) is 30.5 Å². The molecule has 1 N–H and O–H groups in total. The third-order valence-corrected chi connectivity index (χ3v) is 4.19. The van der Waals surface area contributed by atoms with E-state index in [1.165, 1.54) is 0 Å². The van der Waals surface area contributed by atoms with Crippen molar-refractivity contribution in [1.29, 1.82) is 0 Å². The van der Waals surface area contributed by atoms with Gasteiger partial charge in [0, 0.05) is 19.5 Å². The molecule has 9 heteroatoms. The van der Waals surface area contributed by atoms with Crippen molar-refractivity contribution in [3.8, 4) is 11.6 Å². The number of likely N-dealkylation sites (tertiary alicyclic amines) is 1. The molecule has 1 fully saturated rings. The van der Waals surface area contributed by atoms with E-state index in [-0.39, 0.29) is 0 Å². The summed E-state index contributed by atoms with van der Waals surface area (Å²) < 4.78 is 15.6. The molecular weight excluding hydrogens is 324 g/mol. The maximum atomic E-state index is 5.28. The molecule has 0 saturated carbocycles. The molecule has 4 rings (SSSR count). The molecule has 1 aliphatic heterocycles. The molecule has 0 aromatic carbocycles. The van der Waals surface area contributed by atoms with Crippen molar-refractivity contribution in [3.63, 3.8) is 0 Å². The van der Waals surface area contributed by atoms with Gasteiger partial charge >= 0.3 is 0 Å². The number of piperidine rings is 1. The van der Waals surface area contributed by atoms with E-state index in [1.54, 1.807) is 25.3 Å². The van der Waals surface area contributed by atoms with Gasteiger partial charge in [0.15, 0.2) is 11.6 Å². The van der Waals surface area contributed by atoms with Crippen LogP contribution in [0.3, 0.4) is 0 Å². The third-order valence-electron chi connectivity index (χ3n) is 4.19. The van der Waals surface area contributed by atoms with E-state index < -0.39 is 0 Å². The lowest BCUT2D eigenvalue weighted by molar-refractivity contribution is 0.174. The standard InChI is InChI=1S/C16H20N6O3/c1-11-18-14(20-24-11)10-22-6-2-4-12(9-22)17-8-15-19-16(21-25-15)13-5-3-7-23-13/h3,5,7,12,17H,2,4,6,8-10H2,1H3/t12-/m0/s1. The molecule has 3 aromatic heterocycles. The average Bonchev–Trinajstić information content (AvgIpc) is 3.35. The summed E-state index contributed by atoms with van der Waals surface area (Å²) in [6, 6.07) is 3.97. The van der Waals surface area contributed by atoms with Crippen molar-refractivity contribution >= 4 is 0 Å². The van der Waals surface area contributed by atoms with Gasteiger partial charge in [-0.25, -0.2) is 0 Å². The number of furan rings is 1. The molecule has 0 spiro atoms. The van der Waals surface area contributed by atoms with Crippen molar-refractivity contribution in [2.75, 3.05) is 13.1 Å². The van der Waals surface area contributed by atoms with E-state index in [4.69, 9.17) is 13.5 Å². The lowest BCUT2D eigenvalue weighted by atomic mass is 10.1. The lowest BCUT2D eigenvalue weighted by Crippen LogP contribution is -2.45. The highest BCUT2D eigenvalue weighted by Gasteiger charge is 2.22. The molecule has 0 amide bonds.